The van der Waals surface area contributed by atoms with Crippen LogP contribution in [-0.4, -0.2) is 46.1 Å². The van der Waals surface area contributed by atoms with Crippen molar-refractivity contribution in [3.8, 4) is 0 Å². The molecule has 5 nitrogen and oxygen atoms in total. The quantitative estimate of drug-likeness (QED) is 0.0493. The van der Waals surface area contributed by atoms with E-state index in [1.165, 1.54) is 70.6 Å². The summed E-state index contributed by atoms with van der Waals surface area (Å²) >= 11 is 0. The SMILES string of the molecule is CCCCC/C=C\C=C/CCCCCCCCC(=O)NC(CO)C(O)C(O)CCC/C=C/CCCCCC. The Morgan fingerprint density at radius 3 is 1.74 bits per heavy atom. The van der Waals surface area contributed by atoms with E-state index in [-0.39, 0.29) is 12.5 Å². The standard InChI is InChI=1S/C33H61NO4/c1-3-5-7-9-11-13-14-15-16-17-18-20-22-24-26-28-32(37)34-30(29-35)33(38)31(36)27-25-23-21-19-12-10-8-6-4-2/h11,13-15,19,21,30-31,33,35-36,38H,3-10,12,16-18,20,22-29H2,1-2H3,(H,34,37)/b13-11-,15-14-,21-19+. The third-order valence-electron chi connectivity index (χ3n) is 6.99. The highest BCUT2D eigenvalue weighted by Crippen LogP contribution is 2.12. The van der Waals surface area contributed by atoms with E-state index >= 15 is 0 Å². The second kappa shape index (κ2) is 28.6. The van der Waals surface area contributed by atoms with E-state index in [1.54, 1.807) is 0 Å². The van der Waals surface area contributed by atoms with Crippen molar-refractivity contribution in [1.82, 2.24) is 5.32 Å². The zero-order chi connectivity index (χ0) is 28.1. The second-order valence-corrected chi connectivity index (χ2v) is 10.7. The van der Waals surface area contributed by atoms with Crippen molar-refractivity contribution in [2.75, 3.05) is 6.61 Å². The Bertz CT molecular complexity index is 602. The van der Waals surface area contributed by atoms with Gasteiger partial charge in [-0.1, -0.05) is 108 Å². The number of aliphatic hydroxyl groups excluding tert-OH is 3. The molecule has 0 aliphatic heterocycles. The maximum atomic E-state index is 12.3. The summed E-state index contributed by atoms with van der Waals surface area (Å²) in [6.45, 7) is 4.05. The van der Waals surface area contributed by atoms with E-state index < -0.39 is 18.2 Å². The van der Waals surface area contributed by atoms with E-state index in [0.29, 0.717) is 12.8 Å². The maximum absolute atomic E-state index is 12.3. The second-order valence-electron chi connectivity index (χ2n) is 10.7. The monoisotopic (exact) mass is 535 g/mol. The Hall–Kier alpha value is -1.43. The lowest BCUT2D eigenvalue weighted by Gasteiger charge is -2.26. The van der Waals surface area contributed by atoms with E-state index in [0.717, 1.165) is 44.9 Å². The number of nitrogens with one attached hydrogen (secondary N) is 1. The molecule has 1 amide bonds. The molecule has 0 heterocycles. The molecule has 0 spiro atoms. The molecule has 0 saturated heterocycles. The van der Waals surface area contributed by atoms with Crippen LogP contribution in [0.15, 0.2) is 36.5 Å². The Labute approximate surface area is 234 Å². The molecule has 0 bridgehead atoms. The molecule has 0 aromatic rings. The van der Waals surface area contributed by atoms with E-state index in [2.05, 4.69) is 55.6 Å². The number of carbonyl (C=O) groups is 1. The Kier molecular flexibility index (Phi) is 27.5. The van der Waals surface area contributed by atoms with Crippen molar-refractivity contribution in [1.29, 1.82) is 0 Å². The van der Waals surface area contributed by atoms with Crippen LogP contribution >= 0.6 is 0 Å². The highest BCUT2D eigenvalue weighted by molar-refractivity contribution is 5.76. The molecule has 0 aliphatic rings. The Balaban J connectivity index is 3.82. The van der Waals surface area contributed by atoms with Gasteiger partial charge in [0.2, 0.25) is 5.91 Å². The minimum atomic E-state index is -1.16. The minimum absolute atomic E-state index is 0.172. The fourth-order valence-electron chi connectivity index (χ4n) is 4.44. The number of carbonyl (C=O) groups excluding carboxylic acids is 1. The summed E-state index contributed by atoms with van der Waals surface area (Å²) in [6.07, 6.45) is 32.3. The van der Waals surface area contributed by atoms with Crippen molar-refractivity contribution >= 4 is 5.91 Å². The Morgan fingerprint density at radius 1 is 0.658 bits per heavy atom. The molecule has 0 saturated carbocycles. The van der Waals surface area contributed by atoms with Crippen molar-refractivity contribution < 1.29 is 20.1 Å². The predicted octanol–water partition coefficient (Wildman–Crippen LogP) is 7.70. The molecule has 0 radical (unpaired) electrons. The van der Waals surface area contributed by atoms with Gasteiger partial charge >= 0.3 is 0 Å². The summed E-state index contributed by atoms with van der Waals surface area (Å²) in [5.41, 5.74) is 0. The Morgan fingerprint density at radius 2 is 1.13 bits per heavy atom. The summed E-state index contributed by atoms with van der Waals surface area (Å²) in [6, 6.07) is -0.828. The van der Waals surface area contributed by atoms with Crippen LogP contribution in [-0.2, 0) is 4.79 Å². The van der Waals surface area contributed by atoms with Crippen molar-refractivity contribution in [2.24, 2.45) is 0 Å². The molecule has 0 aromatic carbocycles. The molecule has 38 heavy (non-hydrogen) atoms. The molecule has 0 fully saturated rings. The lowest BCUT2D eigenvalue weighted by atomic mass is 10.0. The van der Waals surface area contributed by atoms with Crippen LogP contribution in [0.25, 0.3) is 0 Å². The number of allylic oxidation sites excluding steroid dienone is 6. The van der Waals surface area contributed by atoms with Crippen LogP contribution in [0.4, 0.5) is 0 Å². The van der Waals surface area contributed by atoms with Crippen LogP contribution in [0.1, 0.15) is 142 Å². The molecule has 0 rings (SSSR count). The van der Waals surface area contributed by atoms with E-state index in [4.69, 9.17) is 0 Å². The van der Waals surface area contributed by atoms with Gasteiger partial charge in [0.05, 0.1) is 18.8 Å². The van der Waals surface area contributed by atoms with Gasteiger partial charge in [0.15, 0.2) is 0 Å². The van der Waals surface area contributed by atoms with Gasteiger partial charge in [0.1, 0.15) is 6.10 Å². The number of rotatable bonds is 27. The summed E-state index contributed by atoms with van der Waals surface area (Å²) in [5, 5.41) is 33.0. The van der Waals surface area contributed by atoms with Crippen molar-refractivity contribution in [3.63, 3.8) is 0 Å². The number of amides is 1. The fourth-order valence-corrected chi connectivity index (χ4v) is 4.44. The van der Waals surface area contributed by atoms with Gasteiger partial charge in [-0.15, -0.1) is 0 Å². The number of hydrogen-bond donors (Lipinski definition) is 4. The first-order chi connectivity index (χ1) is 18.6. The molecule has 5 heteroatoms. The first-order valence-electron chi connectivity index (χ1n) is 15.8. The van der Waals surface area contributed by atoms with Crippen molar-refractivity contribution in [2.45, 2.75) is 161 Å². The molecule has 222 valence electrons. The summed E-state index contributed by atoms with van der Waals surface area (Å²) < 4.78 is 0. The van der Waals surface area contributed by atoms with Crippen LogP contribution in [0.3, 0.4) is 0 Å². The maximum Gasteiger partial charge on any atom is 0.220 e. The topological polar surface area (TPSA) is 89.8 Å². The predicted molar refractivity (Wildman–Crippen MR) is 162 cm³/mol. The molecule has 4 N–H and O–H groups in total. The first-order valence-corrected chi connectivity index (χ1v) is 15.8. The van der Waals surface area contributed by atoms with Crippen LogP contribution in [0.5, 0.6) is 0 Å². The van der Waals surface area contributed by atoms with Gasteiger partial charge < -0.3 is 20.6 Å². The average Bonchev–Trinajstić information content (AvgIpc) is 2.92. The summed E-state index contributed by atoms with van der Waals surface area (Å²) in [7, 11) is 0. The van der Waals surface area contributed by atoms with Crippen LogP contribution in [0.2, 0.25) is 0 Å². The number of hydrogen-bond acceptors (Lipinski definition) is 4. The highest BCUT2D eigenvalue weighted by Gasteiger charge is 2.26. The average molecular weight is 536 g/mol. The molecule has 0 aromatic heterocycles. The van der Waals surface area contributed by atoms with Gasteiger partial charge in [0, 0.05) is 6.42 Å². The fraction of sp³-hybridized carbons (Fsp3) is 0.788. The molecule has 3 atom stereocenters. The van der Waals surface area contributed by atoms with Crippen LogP contribution < -0.4 is 5.32 Å². The van der Waals surface area contributed by atoms with E-state index in [9.17, 15) is 20.1 Å². The molecule has 3 unspecified atom stereocenters. The van der Waals surface area contributed by atoms with Gasteiger partial charge in [-0.3, -0.25) is 4.79 Å². The third-order valence-corrected chi connectivity index (χ3v) is 6.99. The summed E-state index contributed by atoms with van der Waals surface area (Å²) in [4.78, 5) is 12.3. The first kappa shape index (κ1) is 36.6. The molecular formula is C33H61NO4. The van der Waals surface area contributed by atoms with Crippen molar-refractivity contribution in [3.05, 3.63) is 36.5 Å². The van der Waals surface area contributed by atoms with Crippen LogP contribution in [0, 0.1) is 0 Å². The molecule has 0 aliphatic carbocycles. The lowest BCUT2D eigenvalue weighted by Crippen LogP contribution is -2.50. The van der Waals surface area contributed by atoms with Gasteiger partial charge in [-0.05, 0) is 64.2 Å². The smallest absolute Gasteiger partial charge is 0.220 e. The summed E-state index contributed by atoms with van der Waals surface area (Å²) in [5.74, 6) is -0.172. The zero-order valence-electron chi connectivity index (χ0n) is 24.8. The third kappa shape index (κ3) is 23.7. The van der Waals surface area contributed by atoms with E-state index in [1.807, 2.05) is 0 Å². The zero-order valence-corrected chi connectivity index (χ0v) is 24.8. The highest BCUT2D eigenvalue weighted by atomic mass is 16.3. The normalized spacial score (nSPS) is 14.6. The van der Waals surface area contributed by atoms with Gasteiger partial charge in [0.25, 0.3) is 0 Å². The lowest BCUT2D eigenvalue weighted by molar-refractivity contribution is -0.124. The van der Waals surface area contributed by atoms with Gasteiger partial charge in [-0.25, -0.2) is 0 Å². The van der Waals surface area contributed by atoms with Gasteiger partial charge in [-0.2, -0.15) is 0 Å². The largest absolute Gasteiger partial charge is 0.394 e. The molecular weight excluding hydrogens is 474 g/mol. The number of unbranched alkanes of at least 4 members (excludes halogenated alkanes) is 14. The minimum Gasteiger partial charge on any atom is -0.394 e. The number of aliphatic hydroxyl groups is 3.